The maximum Gasteiger partial charge on any atom is -0.00673 e. The largest absolute Gasteiger partial charge is 0.0844 e. The van der Waals surface area contributed by atoms with Crippen LogP contribution in [-0.4, -0.2) is 0 Å². The van der Waals surface area contributed by atoms with Gasteiger partial charge < -0.3 is 0 Å². The van der Waals surface area contributed by atoms with Gasteiger partial charge in [-0.2, -0.15) is 0 Å². The third-order valence-corrected chi connectivity index (χ3v) is 4.13. The zero-order valence-corrected chi connectivity index (χ0v) is 12.7. The Hall–Kier alpha value is -0.780. The number of rotatable bonds is 6. The summed E-state index contributed by atoms with van der Waals surface area (Å²) >= 11 is 0. The van der Waals surface area contributed by atoms with Crippen LogP contribution < -0.4 is 0 Å². The first-order chi connectivity index (χ1) is 8.65. The lowest BCUT2D eigenvalue weighted by Crippen LogP contribution is -1.96. The van der Waals surface area contributed by atoms with Crippen LogP contribution in [0.25, 0.3) is 0 Å². The molecule has 0 N–H and O–H groups in total. The molecule has 2 atom stereocenters. The highest BCUT2D eigenvalue weighted by molar-refractivity contribution is 5.31. The van der Waals surface area contributed by atoms with Crippen LogP contribution in [0.1, 0.15) is 66.2 Å². The molecule has 0 amide bonds. The van der Waals surface area contributed by atoms with Gasteiger partial charge in [-0.3, -0.25) is 0 Å². The normalized spacial score (nSPS) is 23.6. The molecular weight excluding hydrogens is 216 g/mol. The summed E-state index contributed by atoms with van der Waals surface area (Å²) < 4.78 is 0. The molecule has 102 valence electrons. The van der Waals surface area contributed by atoms with E-state index < -0.39 is 0 Å². The predicted molar refractivity (Wildman–Crippen MR) is 82.7 cm³/mol. The second-order valence-corrected chi connectivity index (χ2v) is 5.92. The van der Waals surface area contributed by atoms with Crippen molar-refractivity contribution >= 4 is 0 Å². The summed E-state index contributed by atoms with van der Waals surface area (Å²) in [7, 11) is 0. The maximum absolute atomic E-state index is 2.48. The maximum atomic E-state index is 2.48. The molecular formula is C18H30. The quantitative estimate of drug-likeness (QED) is 0.500. The number of hydrogen-bond donors (Lipinski definition) is 0. The fourth-order valence-electron chi connectivity index (χ4n) is 2.10. The zero-order chi connectivity index (χ0) is 13.4. The molecule has 0 radical (unpaired) electrons. The molecule has 2 unspecified atom stereocenters. The first kappa shape index (κ1) is 15.3. The predicted octanol–water partition coefficient (Wildman–Crippen LogP) is 6.06. The Balaban J connectivity index is 2.50. The van der Waals surface area contributed by atoms with Gasteiger partial charge in [0.15, 0.2) is 0 Å². The fourth-order valence-corrected chi connectivity index (χ4v) is 2.10. The van der Waals surface area contributed by atoms with E-state index in [-0.39, 0.29) is 0 Å². The van der Waals surface area contributed by atoms with Gasteiger partial charge in [-0.25, -0.2) is 0 Å². The summed E-state index contributed by atoms with van der Waals surface area (Å²) in [5.74, 6) is 1.65. The SMILES string of the molecule is CCC(C)CC=C1C=CCC(=CCC(C)CC)C1. The molecule has 0 aliphatic heterocycles. The van der Waals surface area contributed by atoms with Gasteiger partial charge >= 0.3 is 0 Å². The monoisotopic (exact) mass is 246 g/mol. The molecule has 0 bridgehead atoms. The lowest BCUT2D eigenvalue weighted by atomic mass is 9.92. The van der Waals surface area contributed by atoms with Crippen LogP contribution >= 0.6 is 0 Å². The Morgan fingerprint density at radius 3 is 2.28 bits per heavy atom. The molecule has 0 heteroatoms. The molecule has 0 spiro atoms. The van der Waals surface area contributed by atoms with Gasteiger partial charge in [-0.15, -0.1) is 0 Å². The first-order valence-electron chi connectivity index (χ1n) is 7.69. The first-order valence-corrected chi connectivity index (χ1v) is 7.69. The van der Waals surface area contributed by atoms with E-state index in [1.165, 1.54) is 37.7 Å². The van der Waals surface area contributed by atoms with Crippen LogP contribution in [-0.2, 0) is 0 Å². The molecule has 0 aromatic rings. The Kier molecular flexibility index (Phi) is 7.08. The Morgan fingerprint density at radius 2 is 1.67 bits per heavy atom. The summed E-state index contributed by atoms with van der Waals surface area (Å²) in [5.41, 5.74) is 3.14. The standard InChI is InChI=1S/C18H30/c1-5-15(3)10-12-17-8-7-9-18(14-17)13-11-16(4)6-2/h7-8,12-13,15-16H,5-6,9-11,14H2,1-4H3. The molecule has 1 aliphatic carbocycles. The van der Waals surface area contributed by atoms with Crippen molar-refractivity contribution in [1.29, 1.82) is 0 Å². The molecule has 1 rings (SSSR count). The summed E-state index contributed by atoms with van der Waals surface area (Å²) in [5, 5.41) is 0. The molecule has 18 heavy (non-hydrogen) atoms. The second kappa shape index (κ2) is 8.34. The van der Waals surface area contributed by atoms with Crippen molar-refractivity contribution in [3.63, 3.8) is 0 Å². The lowest BCUT2D eigenvalue weighted by Gasteiger charge is -2.14. The minimum absolute atomic E-state index is 0.820. The molecule has 0 fully saturated rings. The molecule has 0 saturated carbocycles. The van der Waals surface area contributed by atoms with E-state index in [2.05, 4.69) is 52.0 Å². The van der Waals surface area contributed by atoms with E-state index in [0.29, 0.717) is 0 Å². The van der Waals surface area contributed by atoms with Gasteiger partial charge in [-0.05, 0) is 43.1 Å². The summed E-state index contributed by atoms with van der Waals surface area (Å²) in [6.45, 7) is 9.23. The van der Waals surface area contributed by atoms with E-state index in [1.54, 1.807) is 5.57 Å². The minimum Gasteiger partial charge on any atom is -0.0844 e. The second-order valence-electron chi connectivity index (χ2n) is 5.92. The van der Waals surface area contributed by atoms with Crippen molar-refractivity contribution in [2.75, 3.05) is 0 Å². The van der Waals surface area contributed by atoms with Crippen LogP contribution in [0.4, 0.5) is 0 Å². The lowest BCUT2D eigenvalue weighted by molar-refractivity contribution is 0.567. The van der Waals surface area contributed by atoms with Gasteiger partial charge in [0, 0.05) is 0 Å². The highest BCUT2D eigenvalue weighted by Gasteiger charge is 2.06. The van der Waals surface area contributed by atoms with Gasteiger partial charge in [0.25, 0.3) is 0 Å². The van der Waals surface area contributed by atoms with E-state index in [0.717, 1.165) is 18.3 Å². The summed E-state index contributed by atoms with van der Waals surface area (Å²) in [6.07, 6.45) is 17.0. The van der Waals surface area contributed by atoms with Gasteiger partial charge in [0.1, 0.15) is 0 Å². The van der Waals surface area contributed by atoms with Crippen LogP contribution in [0.15, 0.2) is 35.5 Å². The van der Waals surface area contributed by atoms with E-state index in [9.17, 15) is 0 Å². The van der Waals surface area contributed by atoms with Crippen molar-refractivity contribution in [3.8, 4) is 0 Å². The van der Waals surface area contributed by atoms with Gasteiger partial charge in [-0.1, -0.05) is 70.4 Å². The Morgan fingerprint density at radius 1 is 1.06 bits per heavy atom. The zero-order valence-electron chi connectivity index (χ0n) is 12.7. The summed E-state index contributed by atoms with van der Waals surface area (Å²) in [4.78, 5) is 0. The molecule has 0 saturated heterocycles. The smallest absolute Gasteiger partial charge is 0.00673 e. The van der Waals surface area contributed by atoms with E-state index in [4.69, 9.17) is 0 Å². The van der Waals surface area contributed by atoms with Crippen LogP contribution in [0.3, 0.4) is 0 Å². The van der Waals surface area contributed by atoms with Crippen molar-refractivity contribution in [2.45, 2.75) is 66.2 Å². The topological polar surface area (TPSA) is 0 Å². The van der Waals surface area contributed by atoms with Crippen molar-refractivity contribution < 1.29 is 0 Å². The molecule has 0 aromatic carbocycles. The third-order valence-electron chi connectivity index (χ3n) is 4.13. The molecule has 1 aliphatic rings. The highest BCUT2D eigenvalue weighted by atomic mass is 14.1. The van der Waals surface area contributed by atoms with E-state index in [1.807, 2.05) is 0 Å². The minimum atomic E-state index is 0.820. The van der Waals surface area contributed by atoms with Crippen molar-refractivity contribution in [1.82, 2.24) is 0 Å². The Labute approximate surface area is 114 Å². The molecule has 0 aromatic heterocycles. The fraction of sp³-hybridized carbons (Fsp3) is 0.667. The molecule has 0 heterocycles. The summed E-state index contributed by atoms with van der Waals surface area (Å²) in [6, 6.07) is 0. The number of allylic oxidation sites excluding steroid dienone is 6. The van der Waals surface area contributed by atoms with Crippen LogP contribution in [0, 0.1) is 11.8 Å². The average Bonchev–Trinajstić information content (AvgIpc) is 2.42. The van der Waals surface area contributed by atoms with Crippen LogP contribution in [0.2, 0.25) is 0 Å². The van der Waals surface area contributed by atoms with Crippen LogP contribution in [0.5, 0.6) is 0 Å². The van der Waals surface area contributed by atoms with Crippen molar-refractivity contribution in [3.05, 3.63) is 35.5 Å². The Bertz CT molecular complexity index is 317. The third kappa shape index (κ3) is 5.71. The molecule has 0 nitrogen and oxygen atoms in total. The highest BCUT2D eigenvalue weighted by Crippen LogP contribution is 2.25. The average molecular weight is 246 g/mol. The van der Waals surface area contributed by atoms with Gasteiger partial charge in [0.2, 0.25) is 0 Å². The van der Waals surface area contributed by atoms with E-state index >= 15 is 0 Å². The van der Waals surface area contributed by atoms with Gasteiger partial charge in [0.05, 0.1) is 0 Å². The van der Waals surface area contributed by atoms with Crippen molar-refractivity contribution in [2.24, 2.45) is 11.8 Å². The number of hydrogen-bond acceptors (Lipinski definition) is 0.